The van der Waals surface area contributed by atoms with Gasteiger partial charge in [0.25, 0.3) is 0 Å². The summed E-state index contributed by atoms with van der Waals surface area (Å²) >= 11 is 0. The number of benzene rings is 1. The van der Waals surface area contributed by atoms with Gasteiger partial charge in [-0.25, -0.2) is 18.2 Å². The Morgan fingerprint density at radius 1 is 1.06 bits per heavy atom. The van der Waals surface area contributed by atoms with Crippen molar-refractivity contribution in [3.63, 3.8) is 0 Å². The molecule has 13 heteroatoms. The fourth-order valence-electron chi connectivity index (χ4n) is 3.69. The number of carbonyl (C=O) groups excluding carboxylic acids is 1. The Balaban J connectivity index is 2.09. The van der Waals surface area contributed by atoms with Crippen molar-refractivity contribution in [1.29, 1.82) is 0 Å². The van der Waals surface area contributed by atoms with E-state index in [1.165, 1.54) is 6.92 Å². The highest BCUT2D eigenvalue weighted by molar-refractivity contribution is 7.92. The molecule has 1 fully saturated rings. The van der Waals surface area contributed by atoms with Crippen LogP contribution in [0.2, 0.25) is 0 Å². The van der Waals surface area contributed by atoms with Crippen molar-refractivity contribution in [3.8, 4) is 0 Å². The van der Waals surface area contributed by atoms with Crippen LogP contribution in [0.25, 0.3) is 0 Å². The second kappa shape index (κ2) is 8.84. The zero-order valence-electron chi connectivity index (χ0n) is 17.0. The molecule has 1 aromatic heterocycles. The van der Waals surface area contributed by atoms with E-state index < -0.39 is 74.3 Å². The van der Waals surface area contributed by atoms with E-state index in [4.69, 9.17) is 4.74 Å². The summed E-state index contributed by atoms with van der Waals surface area (Å²) < 4.78 is 112. The molecule has 2 heterocycles. The molecule has 0 aliphatic carbocycles. The summed E-state index contributed by atoms with van der Waals surface area (Å²) in [4.78, 5) is 16.0. The van der Waals surface area contributed by atoms with E-state index in [2.05, 4.69) is 4.98 Å². The number of carbonyl (C=O) groups is 1. The number of sulfone groups is 1. The standard InChI is InChI=1S/C20H18F6N2O4S/c1-2-32-18(29)15-10-12(11-28(15)17-14(20(24,25)26)7-5-9-27-17)33(30,31)16-8-4-3-6-13(16)19(21,22)23/h3-9,12,15H,2,10-11H2,1H3/t12-,15-/m1/s1. The van der Waals surface area contributed by atoms with Gasteiger partial charge >= 0.3 is 18.3 Å². The predicted molar refractivity (Wildman–Crippen MR) is 104 cm³/mol. The summed E-state index contributed by atoms with van der Waals surface area (Å²) in [5, 5.41) is -1.61. The predicted octanol–water partition coefficient (Wildman–Crippen LogP) is 4.10. The molecule has 0 bridgehead atoms. The first kappa shape index (κ1) is 24.8. The lowest BCUT2D eigenvalue weighted by Gasteiger charge is -2.26. The number of aromatic nitrogens is 1. The summed E-state index contributed by atoms with van der Waals surface area (Å²) in [7, 11) is -4.70. The van der Waals surface area contributed by atoms with Gasteiger partial charge in [-0.05, 0) is 37.6 Å². The fourth-order valence-corrected chi connectivity index (χ4v) is 5.60. The van der Waals surface area contributed by atoms with E-state index in [0.717, 1.165) is 35.4 Å². The largest absolute Gasteiger partial charge is 0.464 e. The zero-order chi connectivity index (χ0) is 24.6. The Labute approximate surface area is 185 Å². The van der Waals surface area contributed by atoms with Crippen molar-refractivity contribution in [2.45, 2.75) is 41.9 Å². The lowest BCUT2D eigenvalue weighted by molar-refractivity contribution is -0.145. The second-order valence-electron chi connectivity index (χ2n) is 7.19. The highest BCUT2D eigenvalue weighted by atomic mass is 32.2. The Morgan fingerprint density at radius 3 is 2.27 bits per heavy atom. The molecule has 3 rings (SSSR count). The first-order valence-corrected chi connectivity index (χ1v) is 11.2. The zero-order valence-corrected chi connectivity index (χ0v) is 17.8. The number of hydrogen-bond donors (Lipinski definition) is 0. The molecule has 0 spiro atoms. The number of esters is 1. The van der Waals surface area contributed by atoms with Crippen LogP contribution in [0.15, 0.2) is 47.5 Å². The highest BCUT2D eigenvalue weighted by Gasteiger charge is 2.49. The van der Waals surface area contributed by atoms with Crippen molar-refractivity contribution in [2.75, 3.05) is 18.1 Å². The summed E-state index contributed by atoms with van der Waals surface area (Å²) in [6, 6.07) is 3.76. The van der Waals surface area contributed by atoms with Crippen LogP contribution in [0, 0.1) is 0 Å². The number of ether oxygens (including phenoxy) is 1. The smallest absolute Gasteiger partial charge is 0.419 e. The Kier molecular flexibility index (Phi) is 6.65. The van der Waals surface area contributed by atoms with Gasteiger partial charge in [0.1, 0.15) is 11.9 Å². The van der Waals surface area contributed by atoms with Crippen LogP contribution in [0.4, 0.5) is 32.2 Å². The van der Waals surface area contributed by atoms with Crippen molar-refractivity contribution in [3.05, 3.63) is 53.7 Å². The number of nitrogens with zero attached hydrogens (tertiary/aromatic N) is 2. The third-order valence-electron chi connectivity index (χ3n) is 5.12. The van der Waals surface area contributed by atoms with Crippen LogP contribution in [-0.4, -0.2) is 43.8 Å². The van der Waals surface area contributed by atoms with Gasteiger partial charge < -0.3 is 9.64 Å². The maximum Gasteiger partial charge on any atom is 0.419 e. The minimum atomic E-state index is -4.98. The molecular formula is C20H18F6N2O4S. The SMILES string of the molecule is CCOC(=O)[C@H]1C[C@@H](S(=O)(=O)c2ccccc2C(F)(F)F)CN1c1ncccc1C(F)(F)F. The van der Waals surface area contributed by atoms with E-state index in [1.807, 2.05) is 0 Å². The van der Waals surface area contributed by atoms with E-state index in [0.29, 0.717) is 12.1 Å². The van der Waals surface area contributed by atoms with Crippen molar-refractivity contribution < 1.29 is 44.3 Å². The highest BCUT2D eigenvalue weighted by Crippen LogP contribution is 2.41. The molecular weight excluding hydrogens is 478 g/mol. The summed E-state index contributed by atoms with van der Waals surface area (Å²) in [6.45, 7) is 0.636. The summed E-state index contributed by atoms with van der Waals surface area (Å²) in [5.74, 6) is -1.71. The topological polar surface area (TPSA) is 76.6 Å². The van der Waals surface area contributed by atoms with Crippen LogP contribution < -0.4 is 4.90 Å². The fraction of sp³-hybridized carbons (Fsp3) is 0.400. The first-order valence-electron chi connectivity index (χ1n) is 9.64. The molecule has 0 amide bonds. The lowest BCUT2D eigenvalue weighted by atomic mass is 10.2. The second-order valence-corrected chi connectivity index (χ2v) is 9.39. The van der Waals surface area contributed by atoms with Crippen molar-refractivity contribution in [2.24, 2.45) is 0 Å². The molecule has 1 saturated heterocycles. The number of anilines is 1. The Morgan fingerprint density at radius 2 is 1.67 bits per heavy atom. The quantitative estimate of drug-likeness (QED) is 0.458. The van der Waals surface area contributed by atoms with Crippen molar-refractivity contribution in [1.82, 2.24) is 4.98 Å². The average molecular weight is 496 g/mol. The lowest BCUT2D eigenvalue weighted by Crippen LogP contribution is -2.39. The molecule has 0 radical (unpaired) electrons. The monoisotopic (exact) mass is 496 g/mol. The van der Waals surface area contributed by atoms with Crippen LogP contribution in [0.1, 0.15) is 24.5 Å². The van der Waals surface area contributed by atoms with Gasteiger partial charge in [-0.1, -0.05) is 12.1 Å². The maximum absolute atomic E-state index is 13.5. The molecule has 1 aliphatic rings. The number of hydrogen-bond acceptors (Lipinski definition) is 6. The molecule has 2 aromatic rings. The number of halogens is 6. The summed E-state index contributed by atoms with van der Waals surface area (Å²) in [6.07, 6.45) is -9.38. The van der Waals surface area contributed by atoms with E-state index in [9.17, 15) is 39.6 Å². The van der Waals surface area contributed by atoms with Crippen LogP contribution in [0.3, 0.4) is 0 Å². The van der Waals surface area contributed by atoms with Gasteiger partial charge in [-0.3, -0.25) is 0 Å². The van der Waals surface area contributed by atoms with Crippen LogP contribution in [-0.2, 0) is 31.7 Å². The molecule has 1 aliphatic heterocycles. The van der Waals surface area contributed by atoms with E-state index in [1.54, 1.807) is 0 Å². The van der Waals surface area contributed by atoms with Gasteiger partial charge in [-0.15, -0.1) is 0 Å². The third kappa shape index (κ3) is 4.92. The van der Waals surface area contributed by atoms with Crippen LogP contribution >= 0.6 is 0 Å². The van der Waals surface area contributed by atoms with Crippen molar-refractivity contribution >= 4 is 21.6 Å². The third-order valence-corrected chi connectivity index (χ3v) is 7.31. The van der Waals surface area contributed by atoms with Gasteiger partial charge in [0.2, 0.25) is 0 Å². The van der Waals surface area contributed by atoms with Gasteiger partial charge in [0, 0.05) is 12.7 Å². The minimum absolute atomic E-state index is 0.133. The van der Waals surface area contributed by atoms with Gasteiger partial charge in [0.15, 0.2) is 9.84 Å². The Bertz CT molecular complexity index is 1130. The molecule has 0 unspecified atom stereocenters. The Hall–Kier alpha value is -2.83. The van der Waals surface area contributed by atoms with E-state index in [-0.39, 0.29) is 6.61 Å². The maximum atomic E-state index is 13.5. The van der Waals surface area contributed by atoms with Gasteiger partial charge in [0.05, 0.1) is 27.9 Å². The number of rotatable bonds is 5. The average Bonchev–Trinajstić information content (AvgIpc) is 3.19. The molecule has 1 aromatic carbocycles. The number of alkyl halides is 6. The minimum Gasteiger partial charge on any atom is -0.464 e. The molecule has 0 saturated carbocycles. The molecule has 6 nitrogen and oxygen atoms in total. The first-order chi connectivity index (χ1) is 15.3. The number of pyridine rings is 1. The molecule has 0 N–H and O–H groups in total. The van der Waals surface area contributed by atoms with Crippen LogP contribution in [0.5, 0.6) is 0 Å². The molecule has 33 heavy (non-hydrogen) atoms. The summed E-state index contributed by atoms with van der Waals surface area (Å²) in [5.41, 5.74) is -2.61. The normalized spacial score (nSPS) is 19.5. The van der Waals surface area contributed by atoms with Gasteiger partial charge in [-0.2, -0.15) is 26.3 Å². The van der Waals surface area contributed by atoms with E-state index >= 15 is 0 Å². The molecule has 2 atom stereocenters. The molecule has 180 valence electrons.